The summed E-state index contributed by atoms with van der Waals surface area (Å²) in [7, 11) is -3.49. The largest absolute Gasteiger partial charge is 0.333 e. The summed E-state index contributed by atoms with van der Waals surface area (Å²) < 4.78 is 28.6. The molecular weight excluding hydrogens is 300 g/mol. The molecule has 0 aliphatic carbocycles. The highest BCUT2D eigenvalue weighted by atomic mass is 32.2. The molecule has 1 fully saturated rings. The van der Waals surface area contributed by atoms with Crippen LogP contribution in [-0.4, -0.2) is 59.9 Å². The van der Waals surface area contributed by atoms with E-state index in [1.807, 2.05) is 11.5 Å². The molecule has 1 unspecified atom stereocenters. The summed E-state index contributed by atoms with van der Waals surface area (Å²) in [5.74, 6) is 2.61. The standard InChI is InChI=1S/C15H24N4O2S/c1-4-6-7-17-8-10-19(11-9-17)22(20,21)15-12-18(13-16-15)14(3)5-2/h1,12-14H,5-11H2,2-3H3. The molecular formula is C15H24N4O2S. The fraction of sp³-hybridized carbons (Fsp3) is 0.667. The third kappa shape index (κ3) is 3.69. The monoisotopic (exact) mass is 324 g/mol. The van der Waals surface area contributed by atoms with Crippen molar-refractivity contribution < 1.29 is 8.42 Å². The lowest BCUT2D eigenvalue weighted by Gasteiger charge is -2.33. The quantitative estimate of drug-likeness (QED) is 0.738. The maximum atomic E-state index is 12.6. The van der Waals surface area contributed by atoms with Gasteiger partial charge in [-0.05, 0) is 13.3 Å². The van der Waals surface area contributed by atoms with Crippen molar-refractivity contribution in [2.24, 2.45) is 0 Å². The van der Waals surface area contributed by atoms with Gasteiger partial charge in [-0.1, -0.05) is 6.92 Å². The summed E-state index contributed by atoms with van der Waals surface area (Å²) >= 11 is 0. The first-order valence-electron chi connectivity index (χ1n) is 7.68. The van der Waals surface area contributed by atoms with E-state index in [0.717, 1.165) is 13.0 Å². The smallest absolute Gasteiger partial charge is 0.262 e. The summed E-state index contributed by atoms with van der Waals surface area (Å²) in [4.78, 5) is 6.29. The van der Waals surface area contributed by atoms with Crippen molar-refractivity contribution >= 4 is 10.0 Å². The van der Waals surface area contributed by atoms with E-state index in [4.69, 9.17) is 6.42 Å². The zero-order valence-corrected chi connectivity index (χ0v) is 14.1. The van der Waals surface area contributed by atoms with Crippen molar-refractivity contribution in [1.82, 2.24) is 18.8 Å². The third-order valence-electron chi connectivity index (χ3n) is 4.19. The molecule has 0 bridgehead atoms. The van der Waals surface area contributed by atoms with Crippen LogP contribution in [0.2, 0.25) is 0 Å². The Labute approximate surface area is 133 Å². The van der Waals surface area contributed by atoms with Crippen LogP contribution >= 0.6 is 0 Å². The Morgan fingerprint density at radius 3 is 2.64 bits per heavy atom. The summed E-state index contributed by atoms with van der Waals surface area (Å²) in [5, 5.41) is 0.143. The highest BCUT2D eigenvalue weighted by Gasteiger charge is 2.30. The number of hydrogen-bond donors (Lipinski definition) is 0. The van der Waals surface area contributed by atoms with Crippen molar-refractivity contribution in [2.75, 3.05) is 32.7 Å². The molecule has 122 valence electrons. The van der Waals surface area contributed by atoms with Crippen molar-refractivity contribution in [3.8, 4) is 12.3 Å². The molecule has 22 heavy (non-hydrogen) atoms. The molecule has 0 N–H and O–H groups in total. The maximum absolute atomic E-state index is 12.6. The average Bonchev–Trinajstić information content (AvgIpc) is 3.03. The Morgan fingerprint density at radius 1 is 1.36 bits per heavy atom. The third-order valence-corrected chi connectivity index (χ3v) is 5.97. The fourth-order valence-electron chi connectivity index (χ4n) is 2.45. The molecule has 0 amide bonds. The number of terminal acetylenes is 1. The van der Waals surface area contributed by atoms with E-state index < -0.39 is 10.0 Å². The first-order chi connectivity index (χ1) is 10.5. The lowest BCUT2D eigenvalue weighted by atomic mass is 10.3. The van der Waals surface area contributed by atoms with E-state index in [9.17, 15) is 8.42 Å². The molecule has 0 radical (unpaired) electrons. The van der Waals surface area contributed by atoms with Gasteiger partial charge >= 0.3 is 0 Å². The zero-order chi connectivity index (χ0) is 16.2. The summed E-state index contributed by atoms with van der Waals surface area (Å²) in [5.41, 5.74) is 0. The number of aromatic nitrogens is 2. The van der Waals surface area contributed by atoms with Crippen LogP contribution in [0.1, 0.15) is 32.7 Å². The van der Waals surface area contributed by atoms with Gasteiger partial charge in [-0.3, -0.25) is 4.90 Å². The topological polar surface area (TPSA) is 58.4 Å². The highest BCUT2D eigenvalue weighted by Crippen LogP contribution is 2.18. The van der Waals surface area contributed by atoms with Gasteiger partial charge in [0.2, 0.25) is 0 Å². The van der Waals surface area contributed by atoms with Gasteiger partial charge in [0.25, 0.3) is 10.0 Å². The predicted molar refractivity (Wildman–Crippen MR) is 85.9 cm³/mol. The SMILES string of the molecule is C#CCCN1CCN(S(=O)(=O)c2cn(C(C)CC)cn2)CC1. The molecule has 1 atom stereocenters. The van der Waals surface area contributed by atoms with Crippen LogP contribution in [0.15, 0.2) is 17.6 Å². The Hall–Kier alpha value is -1.36. The van der Waals surface area contributed by atoms with E-state index in [1.165, 1.54) is 4.31 Å². The van der Waals surface area contributed by atoms with E-state index in [0.29, 0.717) is 32.6 Å². The van der Waals surface area contributed by atoms with Gasteiger partial charge in [-0.25, -0.2) is 13.4 Å². The lowest BCUT2D eigenvalue weighted by Crippen LogP contribution is -2.48. The first-order valence-corrected chi connectivity index (χ1v) is 9.12. The van der Waals surface area contributed by atoms with Crippen molar-refractivity contribution in [3.63, 3.8) is 0 Å². The average molecular weight is 324 g/mol. The molecule has 0 aromatic carbocycles. The number of imidazole rings is 1. The summed E-state index contributed by atoms with van der Waals surface area (Å²) in [6, 6.07) is 0.247. The van der Waals surface area contributed by atoms with Crippen molar-refractivity contribution in [1.29, 1.82) is 0 Å². The van der Waals surface area contributed by atoms with Gasteiger partial charge in [0, 0.05) is 51.4 Å². The number of hydrogen-bond acceptors (Lipinski definition) is 4. The predicted octanol–water partition coefficient (Wildman–Crippen LogP) is 1.18. The van der Waals surface area contributed by atoms with Crippen molar-refractivity contribution in [2.45, 2.75) is 37.8 Å². The molecule has 2 rings (SSSR count). The Balaban J connectivity index is 2.03. The highest BCUT2D eigenvalue weighted by molar-refractivity contribution is 7.89. The summed E-state index contributed by atoms with van der Waals surface area (Å²) in [6.45, 7) is 7.34. The second-order valence-electron chi connectivity index (χ2n) is 5.62. The van der Waals surface area contributed by atoms with Crippen LogP contribution in [0.5, 0.6) is 0 Å². The molecule has 0 spiro atoms. The Kier molecular flexibility index (Phi) is 5.62. The second-order valence-corrected chi connectivity index (χ2v) is 7.50. The van der Waals surface area contributed by atoms with Gasteiger partial charge in [0.05, 0.1) is 6.33 Å². The minimum Gasteiger partial charge on any atom is -0.333 e. The maximum Gasteiger partial charge on any atom is 0.262 e. The van der Waals surface area contributed by atoms with Crippen LogP contribution in [-0.2, 0) is 10.0 Å². The second kappa shape index (κ2) is 7.27. The number of nitrogens with zero attached hydrogens (tertiary/aromatic N) is 4. The van der Waals surface area contributed by atoms with Gasteiger partial charge in [-0.2, -0.15) is 4.31 Å². The van der Waals surface area contributed by atoms with E-state index in [2.05, 4.69) is 22.7 Å². The normalized spacial score (nSPS) is 19.0. The van der Waals surface area contributed by atoms with E-state index in [1.54, 1.807) is 12.5 Å². The summed E-state index contributed by atoms with van der Waals surface area (Å²) in [6.07, 6.45) is 10.1. The molecule has 7 heteroatoms. The molecule has 6 nitrogen and oxygen atoms in total. The molecule has 1 saturated heterocycles. The zero-order valence-electron chi connectivity index (χ0n) is 13.3. The Bertz CT molecular complexity index is 624. The lowest BCUT2D eigenvalue weighted by molar-refractivity contribution is 0.191. The molecule has 1 aliphatic rings. The van der Waals surface area contributed by atoms with Gasteiger partial charge in [0.15, 0.2) is 5.03 Å². The van der Waals surface area contributed by atoms with Gasteiger partial charge < -0.3 is 4.57 Å². The molecule has 1 aromatic heterocycles. The minimum absolute atomic E-state index is 0.143. The van der Waals surface area contributed by atoms with E-state index in [-0.39, 0.29) is 11.1 Å². The molecule has 1 aliphatic heterocycles. The molecule has 1 aromatic rings. The fourth-order valence-corrected chi connectivity index (χ4v) is 3.80. The van der Waals surface area contributed by atoms with Crippen molar-refractivity contribution in [3.05, 3.63) is 12.5 Å². The number of rotatable bonds is 6. The van der Waals surface area contributed by atoms with Crippen LogP contribution in [0, 0.1) is 12.3 Å². The number of sulfonamides is 1. The van der Waals surface area contributed by atoms with Gasteiger partial charge in [-0.15, -0.1) is 12.3 Å². The number of piperazine rings is 1. The van der Waals surface area contributed by atoms with Crippen LogP contribution in [0.3, 0.4) is 0 Å². The Morgan fingerprint density at radius 2 is 2.05 bits per heavy atom. The molecule has 0 saturated carbocycles. The van der Waals surface area contributed by atoms with Crippen LogP contribution in [0.4, 0.5) is 0 Å². The van der Waals surface area contributed by atoms with Crippen LogP contribution in [0.25, 0.3) is 0 Å². The van der Waals surface area contributed by atoms with Crippen LogP contribution < -0.4 is 0 Å². The minimum atomic E-state index is -3.49. The molecule has 2 heterocycles. The van der Waals surface area contributed by atoms with E-state index >= 15 is 0 Å². The first kappa shape index (κ1) is 17.0. The van der Waals surface area contributed by atoms with Gasteiger partial charge in [0.1, 0.15) is 0 Å².